The topological polar surface area (TPSA) is 44.1 Å². The Morgan fingerprint density at radius 2 is 2.05 bits per heavy atom. The highest BCUT2D eigenvalue weighted by atomic mass is 16.5. The molecule has 102 valence electrons. The van der Waals surface area contributed by atoms with E-state index in [0.29, 0.717) is 17.9 Å². The monoisotopic (exact) mass is 268 g/mol. The Morgan fingerprint density at radius 1 is 1.35 bits per heavy atom. The quantitative estimate of drug-likeness (QED) is 0.798. The van der Waals surface area contributed by atoms with Crippen LogP contribution in [0.2, 0.25) is 0 Å². The minimum absolute atomic E-state index is 0.163. The van der Waals surface area contributed by atoms with E-state index in [9.17, 15) is 4.79 Å². The zero-order valence-electron chi connectivity index (χ0n) is 11.6. The number of rotatable bonds is 4. The first kappa shape index (κ1) is 13.9. The van der Waals surface area contributed by atoms with Crippen molar-refractivity contribution in [2.75, 3.05) is 7.11 Å². The molecule has 20 heavy (non-hydrogen) atoms. The third kappa shape index (κ3) is 2.43. The number of aryl methyl sites for hydroxylation is 1. The maximum atomic E-state index is 12.5. The number of hydrogen-bond donors (Lipinski definition) is 0. The summed E-state index contributed by atoms with van der Waals surface area (Å²) in [5.41, 5.74) is 1.26. The van der Waals surface area contributed by atoms with E-state index in [1.54, 1.807) is 0 Å². The largest absolute Gasteiger partial charge is 0.490 e. The van der Waals surface area contributed by atoms with Crippen LogP contribution in [0.1, 0.15) is 12.6 Å². The molecule has 1 heterocycles. The lowest BCUT2D eigenvalue weighted by atomic mass is 10.2. The summed E-state index contributed by atoms with van der Waals surface area (Å²) in [6, 6.07) is 9.52. The Balaban J connectivity index is 2.76. The molecule has 0 aliphatic heterocycles. The summed E-state index contributed by atoms with van der Waals surface area (Å²) in [7, 11) is 1.47. The second-order valence-electron chi connectivity index (χ2n) is 4.23. The van der Waals surface area contributed by atoms with Crippen LogP contribution in [0.15, 0.2) is 35.1 Å². The normalized spacial score (nSPS) is 10.1. The summed E-state index contributed by atoms with van der Waals surface area (Å²) in [6.45, 7) is 2.10. The summed E-state index contributed by atoms with van der Waals surface area (Å²) < 4.78 is 6.65. The predicted octanol–water partition coefficient (Wildman–Crippen LogP) is 2.11. The van der Waals surface area contributed by atoms with Crippen molar-refractivity contribution in [3.8, 4) is 29.5 Å². The predicted molar refractivity (Wildman–Crippen MR) is 78.7 cm³/mol. The highest BCUT2D eigenvalue weighted by Gasteiger charge is 2.16. The van der Waals surface area contributed by atoms with Gasteiger partial charge in [0.05, 0.1) is 19.3 Å². The molecular weight excluding hydrogens is 252 g/mol. The van der Waals surface area contributed by atoms with E-state index in [1.807, 2.05) is 37.3 Å². The van der Waals surface area contributed by atoms with Crippen LogP contribution >= 0.6 is 0 Å². The maximum absolute atomic E-state index is 12.5. The number of aromatic nitrogens is 2. The molecule has 0 aliphatic carbocycles. The van der Waals surface area contributed by atoms with Crippen LogP contribution in [-0.2, 0) is 13.0 Å². The van der Waals surface area contributed by atoms with Crippen molar-refractivity contribution in [3.63, 3.8) is 0 Å². The molecule has 0 amide bonds. The third-order valence-electron chi connectivity index (χ3n) is 3.02. The average Bonchev–Trinajstić information content (AvgIpc) is 2.49. The maximum Gasteiger partial charge on any atom is 0.297 e. The molecular formula is C16H16N2O2. The molecule has 0 radical (unpaired) electrons. The van der Waals surface area contributed by atoms with Crippen molar-refractivity contribution in [2.24, 2.45) is 0 Å². The van der Waals surface area contributed by atoms with Crippen LogP contribution in [0.25, 0.3) is 11.4 Å². The van der Waals surface area contributed by atoms with Crippen LogP contribution in [0, 0.1) is 12.3 Å². The van der Waals surface area contributed by atoms with Crippen LogP contribution in [-0.4, -0.2) is 16.7 Å². The molecule has 0 aliphatic rings. The van der Waals surface area contributed by atoms with E-state index in [-0.39, 0.29) is 17.9 Å². The number of nitrogens with zero attached hydrogens (tertiary/aromatic N) is 2. The second-order valence-corrected chi connectivity index (χ2v) is 4.23. The van der Waals surface area contributed by atoms with Gasteiger partial charge in [0.2, 0.25) is 5.75 Å². The van der Waals surface area contributed by atoms with Gasteiger partial charge in [-0.3, -0.25) is 9.36 Å². The molecule has 1 aromatic carbocycles. The van der Waals surface area contributed by atoms with Gasteiger partial charge in [-0.1, -0.05) is 43.2 Å². The summed E-state index contributed by atoms with van der Waals surface area (Å²) >= 11 is 0. The van der Waals surface area contributed by atoms with Crippen LogP contribution in [0.4, 0.5) is 0 Å². The van der Waals surface area contributed by atoms with Gasteiger partial charge in [-0.2, -0.15) is 0 Å². The summed E-state index contributed by atoms with van der Waals surface area (Å²) in [6.07, 6.45) is 5.98. The number of benzene rings is 1. The summed E-state index contributed by atoms with van der Waals surface area (Å²) in [5.74, 6) is 3.33. The van der Waals surface area contributed by atoms with Crippen molar-refractivity contribution in [2.45, 2.75) is 19.9 Å². The lowest BCUT2D eigenvalue weighted by Crippen LogP contribution is -2.26. The van der Waals surface area contributed by atoms with E-state index in [0.717, 1.165) is 5.56 Å². The molecule has 1 aromatic heterocycles. The van der Waals surface area contributed by atoms with E-state index >= 15 is 0 Å². The molecule has 2 aromatic rings. The van der Waals surface area contributed by atoms with Gasteiger partial charge in [-0.05, 0) is 6.42 Å². The molecule has 0 bridgehead atoms. The van der Waals surface area contributed by atoms with Gasteiger partial charge >= 0.3 is 0 Å². The molecule has 0 spiro atoms. The molecule has 0 saturated heterocycles. The highest BCUT2D eigenvalue weighted by Crippen LogP contribution is 2.20. The van der Waals surface area contributed by atoms with Crippen LogP contribution < -0.4 is 10.3 Å². The van der Waals surface area contributed by atoms with E-state index < -0.39 is 0 Å². The zero-order valence-corrected chi connectivity index (χ0v) is 11.6. The molecule has 4 heteroatoms. The second kappa shape index (κ2) is 6.07. The Morgan fingerprint density at radius 3 is 2.60 bits per heavy atom. The van der Waals surface area contributed by atoms with Gasteiger partial charge in [0.25, 0.3) is 5.56 Å². The van der Waals surface area contributed by atoms with Crippen molar-refractivity contribution >= 4 is 0 Å². The van der Waals surface area contributed by atoms with Crippen molar-refractivity contribution in [3.05, 3.63) is 46.4 Å². The van der Waals surface area contributed by atoms with Crippen molar-refractivity contribution in [1.82, 2.24) is 9.55 Å². The Hall–Kier alpha value is -2.54. The van der Waals surface area contributed by atoms with Gasteiger partial charge in [0, 0.05) is 5.56 Å². The summed E-state index contributed by atoms with van der Waals surface area (Å²) in [5, 5.41) is 0. The van der Waals surface area contributed by atoms with Crippen molar-refractivity contribution < 1.29 is 4.74 Å². The molecule has 4 nitrogen and oxygen atoms in total. The zero-order chi connectivity index (χ0) is 14.5. The molecule has 0 atom stereocenters. The minimum Gasteiger partial charge on any atom is -0.490 e. The fourth-order valence-corrected chi connectivity index (χ4v) is 2.07. The third-order valence-corrected chi connectivity index (χ3v) is 3.02. The smallest absolute Gasteiger partial charge is 0.297 e. The average molecular weight is 268 g/mol. The van der Waals surface area contributed by atoms with Gasteiger partial charge in [-0.25, -0.2) is 4.98 Å². The number of methoxy groups -OCH3 is 1. The van der Waals surface area contributed by atoms with E-state index in [1.165, 1.54) is 11.7 Å². The lowest BCUT2D eigenvalue weighted by molar-refractivity contribution is 0.395. The standard InChI is InChI=1S/C16H16N2O2/c1-4-11-18-15(12-9-7-6-8-10-12)17-13(5-2)14(20-3)16(18)19/h1,6-10H,5,11H2,2-3H3. The van der Waals surface area contributed by atoms with Crippen molar-refractivity contribution in [1.29, 1.82) is 0 Å². The SMILES string of the molecule is C#CCn1c(-c2ccccc2)nc(CC)c(OC)c1=O. The number of ether oxygens (including phenoxy) is 1. The molecule has 0 saturated carbocycles. The fraction of sp³-hybridized carbons (Fsp3) is 0.250. The molecule has 0 fully saturated rings. The van der Waals surface area contributed by atoms with Gasteiger partial charge in [0.1, 0.15) is 5.82 Å². The first-order valence-corrected chi connectivity index (χ1v) is 6.39. The van der Waals surface area contributed by atoms with Crippen LogP contribution in [0.5, 0.6) is 5.75 Å². The molecule has 2 rings (SSSR count). The van der Waals surface area contributed by atoms with E-state index in [4.69, 9.17) is 11.2 Å². The Bertz CT molecular complexity index is 697. The van der Waals surface area contributed by atoms with E-state index in [2.05, 4.69) is 10.9 Å². The van der Waals surface area contributed by atoms with Gasteiger partial charge < -0.3 is 4.74 Å². The fourth-order valence-electron chi connectivity index (χ4n) is 2.07. The first-order chi connectivity index (χ1) is 9.72. The van der Waals surface area contributed by atoms with Gasteiger partial charge in [-0.15, -0.1) is 6.42 Å². The Labute approximate surface area is 118 Å². The first-order valence-electron chi connectivity index (χ1n) is 6.39. The Kier molecular flexibility index (Phi) is 4.21. The lowest BCUT2D eigenvalue weighted by Gasteiger charge is -2.14. The highest BCUT2D eigenvalue weighted by molar-refractivity contribution is 5.56. The molecule has 0 N–H and O–H groups in total. The minimum atomic E-state index is -0.240. The van der Waals surface area contributed by atoms with Gasteiger partial charge in [0.15, 0.2) is 0 Å². The molecule has 0 unspecified atom stereocenters. The number of hydrogen-bond acceptors (Lipinski definition) is 3. The van der Waals surface area contributed by atoms with Crippen LogP contribution in [0.3, 0.4) is 0 Å². The summed E-state index contributed by atoms with van der Waals surface area (Å²) in [4.78, 5) is 17.0. The number of terminal acetylenes is 1.